The molecular formula is C61H106O5. The molecule has 1 unspecified atom stereocenters. The van der Waals surface area contributed by atoms with Crippen LogP contribution in [0, 0.1) is 0 Å². The van der Waals surface area contributed by atoms with Gasteiger partial charge in [0.2, 0.25) is 0 Å². The van der Waals surface area contributed by atoms with Gasteiger partial charge in [-0.25, -0.2) is 0 Å². The van der Waals surface area contributed by atoms with Crippen molar-refractivity contribution in [2.45, 2.75) is 277 Å². The van der Waals surface area contributed by atoms with Gasteiger partial charge in [-0.05, 0) is 89.9 Å². The normalized spacial score (nSPS) is 12.8. The summed E-state index contributed by atoms with van der Waals surface area (Å²) in [6, 6.07) is 0. The fraction of sp³-hybridized carbons (Fsp3) is 0.738. The molecule has 0 aliphatic rings. The van der Waals surface area contributed by atoms with Crippen molar-refractivity contribution in [1.29, 1.82) is 0 Å². The number of hydrogen-bond acceptors (Lipinski definition) is 5. The average molecular weight is 920 g/mol. The van der Waals surface area contributed by atoms with Gasteiger partial charge in [0.05, 0.1) is 6.61 Å². The molecule has 0 aromatic carbocycles. The Labute approximate surface area is 409 Å². The predicted octanol–water partition coefficient (Wildman–Crippen LogP) is 19.0. The third-order valence-corrected chi connectivity index (χ3v) is 12.2. The summed E-state index contributed by atoms with van der Waals surface area (Å²) in [6.45, 7) is 4.01. The van der Waals surface area contributed by atoms with Gasteiger partial charge in [0, 0.05) is 12.8 Å². The van der Waals surface area contributed by atoms with Crippen LogP contribution in [0.1, 0.15) is 271 Å². The van der Waals surface area contributed by atoms with Crippen molar-refractivity contribution in [3.63, 3.8) is 0 Å². The Kier molecular flexibility index (Phi) is 53.9. The number of aliphatic hydroxyl groups excluding tert-OH is 1. The molecule has 66 heavy (non-hydrogen) atoms. The van der Waals surface area contributed by atoms with Gasteiger partial charge in [-0.2, -0.15) is 0 Å². The van der Waals surface area contributed by atoms with E-state index in [0.717, 1.165) is 77.0 Å². The lowest BCUT2D eigenvalue weighted by atomic mass is 10.0. The van der Waals surface area contributed by atoms with Crippen molar-refractivity contribution in [1.82, 2.24) is 0 Å². The number of allylic oxidation sites excluding steroid dienone is 14. The number of ether oxygens (including phenoxy) is 2. The van der Waals surface area contributed by atoms with Gasteiger partial charge in [-0.15, -0.1) is 0 Å². The van der Waals surface area contributed by atoms with Gasteiger partial charge in [0.25, 0.3) is 0 Å². The number of aliphatic hydroxyl groups is 1. The van der Waals surface area contributed by atoms with E-state index < -0.39 is 6.10 Å². The van der Waals surface area contributed by atoms with E-state index in [9.17, 15) is 14.7 Å². The van der Waals surface area contributed by atoms with Gasteiger partial charge in [0.15, 0.2) is 6.10 Å². The first-order valence-corrected chi connectivity index (χ1v) is 28.1. The minimum Gasteiger partial charge on any atom is -0.462 e. The first kappa shape index (κ1) is 63.1. The molecule has 0 fully saturated rings. The Bertz CT molecular complexity index is 1220. The second-order valence-corrected chi connectivity index (χ2v) is 18.6. The quantitative estimate of drug-likeness (QED) is 0.0374. The van der Waals surface area contributed by atoms with E-state index in [1.807, 2.05) is 0 Å². The zero-order valence-electron chi connectivity index (χ0n) is 43.4. The predicted molar refractivity (Wildman–Crippen MR) is 288 cm³/mol. The minimum absolute atomic E-state index is 0.0856. The molecule has 0 saturated heterocycles. The standard InChI is InChI=1S/C61H106O5/c1-3-5-7-9-11-13-15-17-19-21-23-25-26-27-28-29-30-31-32-33-34-36-37-39-41-43-45-47-49-51-53-55-60(63)65-58-59(57-62)66-61(64)56-54-52-50-48-46-44-42-40-38-35-24-22-20-18-16-14-12-10-8-6-4-2/h6,8,12,14,18,20-21,23-24,35,40,42,46,48,59,62H,3-5,7,9-11,13,15-17,19,22,25-34,36-39,41,43-45,47,49-58H2,1-2H3/b8-6-,14-12-,20-18-,23-21-,35-24-,42-40-,48-46-. The van der Waals surface area contributed by atoms with Gasteiger partial charge in [-0.1, -0.05) is 253 Å². The molecule has 0 aliphatic carbocycles. The summed E-state index contributed by atoms with van der Waals surface area (Å²) in [5, 5.41) is 9.63. The maximum Gasteiger partial charge on any atom is 0.306 e. The van der Waals surface area contributed by atoms with Crippen LogP contribution < -0.4 is 0 Å². The number of esters is 2. The maximum atomic E-state index is 12.3. The van der Waals surface area contributed by atoms with E-state index in [-0.39, 0.29) is 25.2 Å². The topological polar surface area (TPSA) is 72.8 Å². The number of carbonyl (C=O) groups excluding carboxylic acids is 2. The SMILES string of the molecule is CC/C=C\C/C=C\C/C=C\C/C=C\C/C=C\C/C=C\CCCCC(=O)OC(CO)COC(=O)CCCCCCCCCCCCCCCCCCCCC/C=C\CCCCCCCCCC. The molecule has 0 amide bonds. The molecule has 5 heteroatoms. The summed E-state index contributed by atoms with van der Waals surface area (Å²) in [6.07, 6.45) is 78.5. The highest BCUT2D eigenvalue weighted by Gasteiger charge is 2.16. The van der Waals surface area contributed by atoms with Crippen LogP contribution in [0.25, 0.3) is 0 Å². The van der Waals surface area contributed by atoms with Crippen molar-refractivity contribution < 1.29 is 24.2 Å². The average Bonchev–Trinajstić information content (AvgIpc) is 3.32. The minimum atomic E-state index is -0.799. The maximum absolute atomic E-state index is 12.3. The number of rotatable bonds is 51. The van der Waals surface area contributed by atoms with Crippen LogP contribution in [-0.4, -0.2) is 36.4 Å². The number of unbranched alkanes of at least 4 members (excludes halogenated alkanes) is 29. The Balaban J connectivity index is 3.51. The molecule has 0 aromatic heterocycles. The summed E-state index contributed by atoms with van der Waals surface area (Å²) in [5.41, 5.74) is 0. The van der Waals surface area contributed by atoms with Crippen LogP contribution in [0.5, 0.6) is 0 Å². The van der Waals surface area contributed by atoms with Crippen molar-refractivity contribution in [3.8, 4) is 0 Å². The van der Waals surface area contributed by atoms with Crippen molar-refractivity contribution >= 4 is 11.9 Å². The Morgan fingerprint density at radius 2 is 0.652 bits per heavy atom. The molecule has 0 aromatic rings. The van der Waals surface area contributed by atoms with Gasteiger partial charge in [-0.3, -0.25) is 9.59 Å². The summed E-state index contributed by atoms with van der Waals surface area (Å²) < 4.78 is 10.7. The molecule has 1 atom stereocenters. The van der Waals surface area contributed by atoms with Crippen LogP contribution in [0.3, 0.4) is 0 Å². The highest BCUT2D eigenvalue weighted by Crippen LogP contribution is 2.16. The van der Waals surface area contributed by atoms with E-state index >= 15 is 0 Å². The van der Waals surface area contributed by atoms with E-state index in [1.165, 1.54) is 167 Å². The summed E-state index contributed by atoms with van der Waals surface area (Å²) in [4.78, 5) is 24.5. The molecule has 0 heterocycles. The summed E-state index contributed by atoms with van der Waals surface area (Å²) >= 11 is 0. The van der Waals surface area contributed by atoms with Crippen LogP contribution in [0.15, 0.2) is 85.1 Å². The smallest absolute Gasteiger partial charge is 0.306 e. The van der Waals surface area contributed by atoms with Gasteiger partial charge in [0.1, 0.15) is 6.61 Å². The van der Waals surface area contributed by atoms with E-state index in [2.05, 4.69) is 98.9 Å². The molecule has 0 rings (SSSR count). The Morgan fingerprint density at radius 3 is 1.03 bits per heavy atom. The lowest BCUT2D eigenvalue weighted by Crippen LogP contribution is -2.28. The van der Waals surface area contributed by atoms with Crippen LogP contribution in [0.2, 0.25) is 0 Å². The van der Waals surface area contributed by atoms with Crippen LogP contribution >= 0.6 is 0 Å². The Hall–Kier alpha value is -2.92. The van der Waals surface area contributed by atoms with Crippen LogP contribution in [0.4, 0.5) is 0 Å². The first-order valence-electron chi connectivity index (χ1n) is 28.1. The zero-order valence-corrected chi connectivity index (χ0v) is 43.4. The second kappa shape index (κ2) is 56.4. The lowest BCUT2D eigenvalue weighted by Gasteiger charge is -2.15. The van der Waals surface area contributed by atoms with Crippen molar-refractivity contribution in [2.24, 2.45) is 0 Å². The molecule has 380 valence electrons. The fourth-order valence-corrected chi connectivity index (χ4v) is 7.97. The first-order chi connectivity index (χ1) is 32.6. The molecular weight excluding hydrogens is 813 g/mol. The third-order valence-electron chi connectivity index (χ3n) is 12.2. The number of hydrogen-bond donors (Lipinski definition) is 1. The largest absolute Gasteiger partial charge is 0.462 e. The van der Waals surface area contributed by atoms with E-state index in [4.69, 9.17) is 9.47 Å². The highest BCUT2D eigenvalue weighted by molar-refractivity contribution is 5.70. The molecule has 0 radical (unpaired) electrons. The monoisotopic (exact) mass is 919 g/mol. The summed E-state index contributed by atoms with van der Waals surface area (Å²) in [7, 11) is 0. The molecule has 0 bridgehead atoms. The second-order valence-electron chi connectivity index (χ2n) is 18.6. The highest BCUT2D eigenvalue weighted by atomic mass is 16.6. The lowest BCUT2D eigenvalue weighted by molar-refractivity contribution is -0.161. The van der Waals surface area contributed by atoms with Gasteiger partial charge < -0.3 is 14.6 Å². The molecule has 5 nitrogen and oxygen atoms in total. The molecule has 0 spiro atoms. The molecule has 1 N–H and O–H groups in total. The molecule has 0 aliphatic heterocycles. The zero-order chi connectivity index (χ0) is 47.7. The van der Waals surface area contributed by atoms with Crippen molar-refractivity contribution in [3.05, 3.63) is 85.1 Å². The number of carbonyl (C=O) groups is 2. The summed E-state index contributed by atoms with van der Waals surface area (Å²) in [5.74, 6) is -0.637. The van der Waals surface area contributed by atoms with Gasteiger partial charge >= 0.3 is 11.9 Å². The van der Waals surface area contributed by atoms with Crippen molar-refractivity contribution in [2.75, 3.05) is 13.2 Å². The van der Waals surface area contributed by atoms with E-state index in [1.54, 1.807) is 0 Å². The molecule has 0 saturated carbocycles. The third kappa shape index (κ3) is 53.7. The fourth-order valence-electron chi connectivity index (χ4n) is 7.97. The van der Waals surface area contributed by atoms with Crippen LogP contribution in [-0.2, 0) is 19.1 Å². The Morgan fingerprint density at radius 1 is 0.364 bits per heavy atom. The van der Waals surface area contributed by atoms with E-state index in [0.29, 0.717) is 12.8 Å².